The van der Waals surface area contributed by atoms with Crippen LogP contribution in [0.25, 0.3) is 0 Å². The molecule has 18 heavy (non-hydrogen) atoms. The van der Waals surface area contributed by atoms with Crippen LogP contribution in [0.4, 0.5) is 0 Å². The standard InChI is InChI=1S/C18H32/c1-5-6-16-8-10-17(11-9-16)18-12-7-13(2)14(3)15(18)4/h5-6,13-18H,7-12H2,1-4H3/b6-5+. The molecule has 2 aliphatic carbocycles. The summed E-state index contributed by atoms with van der Waals surface area (Å²) in [6.07, 6.45) is 13.5. The average molecular weight is 248 g/mol. The van der Waals surface area contributed by atoms with E-state index in [0.29, 0.717) is 0 Å². The topological polar surface area (TPSA) is 0 Å². The van der Waals surface area contributed by atoms with Crippen molar-refractivity contribution in [1.29, 1.82) is 0 Å². The highest BCUT2D eigenvalue weighted by molar-refractivity contribution is 4.92. The summed E-state index contributed by atoms with van der Waals surface area (Å²) in [7, 11) is 0. The minimum absolute atomic E-state index is 0.890. The normalized spacial score (nSPS) is 46.4. The lowest BCUT2D eigenvalue weighted by Gasteiger charge is -2.44. The largest absolute Gasteiger partial charge is 0.0914 e. The Hall–Kier alpha value is -0.260. The van der Waals surface area contributed by atoms with Crippen LogP contribution in [0.2, 0.25) is 0 Å². The molecule has 2 rings (SSSR count). The smallest absolute Gasteiger partial charge is 0.0233 e. The molecule has 0 radical (unpaired) electrons. The number of hydrogen-bond acceptors (Lipinski definition) is 0. The predicted octanol–water partition coefficient (Wildman–Crippen LogP) is 5.69. The van der Waals surface area contributed by atoms with Gasteiger partial charge < -0.3 is 0 Å². The summed E-state index contributed by atoms with van der Waals surface area (Å²) >= 11 is 0. The van der Waals surface area contributed by atoms with Gasteiger partial charge in [0.2, 0.25) is 0 Å². The fraction of sp³-hybridized carbons (Fsp3) is 0.889. The summed E-state index contributed by atoms with van der Waals surface area (Å²) in [6.45, 7) is 9.65. The maximum Gasteiger partial charge on any atom is -0.0233 e. The van der Waals surface area contributed by atoms with Crippen LogP contribution in [0, 0.1) is 35.5 Å². The Morgan fingerprint density at radius 3 is 2.06 bits per heavy atom. The van der Waals surface area contributed by atoms with Crippen molar-refractivity contribution in [2.45, 2.75) is 66.2 Å². The molecule has 0 aliphatic heterocycles. The van der Waals surface area contributed by atoms with Crippen molar-refractivity contribution >= 4 is 0 Å². The Morgan fingerprint density at radius 1 is 0.778 bits per heavy atom. The molecule has 104 valence electrons. The van der Waals surface area contributed by atoms with Gasteiger partial charge in [0.15, 0.2) is 0 Å². The van der Waals surface area contributed by atoms with E-state index in [1.165, 1.54) is 38.5 Å². The minimum atomic E-state index is 0.890. The van der Waals surface area contributed by atoms with E-state index in [0.717, 1.165) is 35.5 Å². The highest BCUT2D eigenvalue weighted by Gasteiger charge is 2.37. The summed E-state index contributed by atoms with van der Waals surface area (Å²) in [4.78, 5) is 0. The van der Waals surface area contributed by atoms with Crippen LogP contribution in [0.3, 0.4) is 0 Å². The predicted molar refractivity (Wildman–Crippen MR) is 80.5 cm³/mol. The molecule has 0 spiro atoms. The molecule has 4 atom stereocenters. The van der Waals surface area contributed by atoms with Crippen molar-refractivity contribution in [2.75, 3.05) is 0 Å². The molecular weight excluding hydrogens is 216 g/mol. The van der Waals surface area contributed by atoms with Crippen LogP contribution >= 0.6 is 0 Å². The molecule has 0 aromatic carbocycles. The third kappa shape index (κ3) is 3.00. The van der Waals surface area contributed by atoms with Gasteiger partial charge in [-0.25, -0.2) is 0 Å². The SMILES string of the molecule is C/C=C/C1CCC(C2CCC(C)C(C)C2C)CC1. The molecule has 0 amide bonds. The molecular formula is C18H32. The third-order valence-corrected chi connectivity index (χ3v) is 6.24. The van der Waals surface area contributed by atoms with Crippen molar-refractivity contribution in [1.82, 2.24) is 0 Å². The second-order valence-electron chi connectivity index (χ2n) is 7.14. The molecule has 0 nitrogen and oxygen atoms in total. The zero-order valence-electron chi connectivity index (χ0n) is 12.9. The first-order valence-electron chi connectivity index (χ1n) is 8.26. The Balaban J connectivity index is 1.89. The number of allylic oxidation sites excluding steroid dienone is 2. The highest BCUT2D eigenvalue weighted by atomic mass is 14.4. The van der Waals surface area contributed by atoms with Gasteiger partial charge in [-0.15, -0.1) is 0 Å². The Labute approximate surface area is 114 Å². The van der Waals surface area contributed by atoms with Crippen LogP contribution < -0.4 is 0 Å². The maximum atomic E-state index is 2.53. The zero-order chi connectivity index (χ0) is 13.1. The molecule has 0 saturated heterocycles. The lowest BCUT2D eigenvalue weighted by atomic mass is 9.61. The molecule has 0 heteroatoms. The van der Waals surface area contributed by atoms with Crippen LogP contribution in [-0.2, 0) is 0 Å². The third-order valence-electron chi connectivity index (χ3n) is 6.24. The van der Waals surface area contributed by atoms with E-state index in [2.05, 4.69) is 39.8 Å². The second-order valence-corrected chi connectivity index (χ2v) is 7.14. The summed E-state index contributed by atoms with van der Waals surface area (Å²) in [5.41, 5.74) is 0. The van der Waals surface area contributed by atoms with Crippen molar-refractivity contribution in [3.05, 3.63) is 12.2 Å². The van der Waals surface area contributed by atoms with Crippen molar-refractivity contribution < 1.29 is 0 Å². The Bertz CT molecular complexity index is 270. The van der Waals surface area contributed by atoms with Crippen LogP contribution in [-0.4, -0.2) is 0 Å². The summed E-state index contributed by atoms with van der Waals surface area (Å²) in [6, 6.07) is 0. The van der Waals surface area contributed by atoms with Gasteiger partial charge in [-0.3, -0.25) is 0 Å². The van der Waals surface area contributed by atoms with E-state index in [1.807, 2.05) is 0 Å². The van der Waals surface area contributed by atoms with Gasteiger partial charge in [-0.05, 0) is 74.5 Å². The average Bonchev–Trinajstić information content (AvgIpc) is 2.38. The molecule has 2 saturated carbocycles. The quantitative estimate of drug-likeness (QED) is 0.551. The lowest BCUT2D eigenvalue weighted by molar-refractivity contribution is 0.0614. The molecule has 0 aromatic heterocycles. The van der Waals surface area contributed by atoms with Gasteiger partial charge in [-0.1, -0.05) is 39.3 Å². The first-order valence-corrected chi connectivity index (χ1v) is 8.26. The van der Waals surface area contributed by atoms with E-state index in [4.69, 9.17) is 0 Å². The van der Waals surface area contributed by atoms with E-state index in [-0.39, 0.29) is 0 Å². The van der Waals surface area contributed by atoms with Gasteiger partial charge in [0, 0.05) is 0 Å². The zero-order valence-corrected chi connectivity index (χ0v) is 12.9. The summed E-state index contributed by atoms with van der Waals surface area (Å²) < 4.78 is 0. The molecule has 2 fully saturated rings. The fourth-order valence-corrected chi connectivity index (χ4v) is 4.59. The fourth-order valence-electron chi connectivity index (χ4n) is 4.59. The first kappa shape index (κ1) is 14.2. The lowest BCUT2D eigenvalue weighted by Crippen LogP contribution is -2.35. The van der Waals surface area contributed by atoms with Gasteiger partial charge in [0.05, 0.1) is 0 Å². The highest BCUT2D eigenvalue weighted by Crippen LogP contribution is 2.46. The molecule has 0 N–H and O–H groups in total. The first-order chi connectivity index (χ1) is 8.63. The minimum Gasteiger partial charge on any atom is -0.0914 e. The number of hydrogen-bond donors (Lipinski definition) is 0. The van der Waals surface area contributed by atoms with Crippen molar-refractivity contribution in [2.24, 2.45) is 35.5 Å². The molecule has 0 bridgehead atoms. The molecule has 0 heterocycles. The van der Waals surface area contributed by atoms with Crippen LogP contribution in [0.5, 0.6) is 0 Å². The molecule has 4 unspecified atom stereocenters. The van der Waals surface area contributed by atoms with Crippen molar-refractivity contribution in [3.8, 4) is 0 Å². The molecule has 0 aromatic rings. The summed E-state index contributed by atoms with van der Waals surface area (Å²) in [5.74, 6) is 5.81. The van der Waals surface area contributed by atoms with Gasteiger partial charge in [0.1, 0.15) is 0 Å². The number of rotatable bonds is 2. The monoisotopic (exact) mass is 248 g/mol. The Morgan fingerprint density at radius 2 is 1.44 bits per heavy atom. The van der Waals surface area contributed by atoms with Gasteiger partial charge >= 0.3 is 0 Å². The van der Waals surface area contributed by atoms with E-state index in [1.54, 1.807) is 0 Å². The molecule has 2 aliphatic rings. The van der Waals surface area contributed by atoms with Crippen LogP contribution in [0.15, 0.2) is 12.2 Å². The van der Waals surface area contributed by atoms with Crippen molar-refractivity contribution in [3.63, 3.8) is 0 Å². The second kappa shape index (κ2) is 6.26. The van der Waals surface area contributed by atoms with E-state index < -0.39 is 0 Å². The van der Waals surface area contributed by atoms with E-state index in [9.17, 15) is 0 Å². The van der Waals surface area contributed by atoms with E-state index >= 15 is 0 Å². The van der Waals surface area contributed by atoms with Gasteiger partial charge in [0.25, 0.3) is 0 Å². The summed E-state index contributed by atoms with van der Waals surface area (Å²) in [5, 5.41) is 0. The Kier molecular flexibility index (Phi) is 4.92. The maximum absolute atomic E-state index is 2.53. The van der Waals surface area contributed by atoms with Crippen LogP contribution in [0.1, 0.15) is 66.2 Å². The van der Waals surface area contributed by atoms with Gasteiger partial charge in [-0.2, -0.15) is 0 Å².